The molecule has 0 aliphatic carbocycles. The summed E-state index contributed by atoms with van der Waals surface area (Å²) in [7, 11) is 0. The summed E-state index contributed by atoms with van der Waals surface area (Å²) >= 11 is 0. The zero-order valence-corrected chi connectivity index (χ0v) is 11.6. The quantitative estimate of drug-likeness (QED) is 0.541. The molecule has 0 spiro atoms. The zero-order valence-electron chi connectivity index (χ0n) is 11.6. The normalized spacial score (nSPS) is 20.0. The molecule has 18 heavy (non-hydrogen) atoms. The minimum atomic E-state index is -0.320. The van der Waals surface area contributed by atoms with E-state index in [9.17, 15) is 5.11 Å². The predicted molar refractivity (Wildman–Crippen MR) is 73.8 cm³/mol. The predicted octanol–water partition coefficient (Wildman–Crippen LogP) is -0.653. The fraction of sp³-hybridized carbons (Fsp3) is 1.00. The average Bonchev–Trinajstić information content (AvgIpc) is 2.57. The van der Waals surface area contributed by atoms with E-state index in [0.29, 0.717) is 13.1 Å². The van der Waals surface area contributed by atoms with Crippen molar-refractivity contribution in [2.75, 3.05) is 59.0 Å². The van der Waals surface area contributed by atoms with E-state index in [2.05, 4.69) is 15.1 Å². The molecular formula is C13H29N3O2. The fourth-order valence-electron chi connectivity index (χ4n) is 2.45. The molecule has 1 aliphatic heterocycles. The van der Waals surface area contributed by atoms with Crippen LogP contribution in [0.5, 0.6) is 0 Å². The first kappa shape index (κ1) is 15.9. The van der Waals surface area contributed by atoms with Gasteiger partial charge in [-0.15, -0.1) is 0 Å². The highest BCUT2D eigenvalue weighted by Crippen LogP contribution is 2.00. The molecule has 0 radical (unpaired) electrons. The Kier molecular flexibility index (Phi) is 8.54. The van der Waals surface area contributed by atoms with E-state index < -0.39 is 0 Å². The van der Waals surface area contributed by atoms with Gasteiger partial charge in [0, 0.05) is 26.2 Å². The van der Waals surface area contributed by atoms with Gasteiger partial charge in [0.15, 0.2) is 0 Å². The number of rotatable bonds is 8. The third-order valence-corrected chi connectivity index (χ3v) is 3.32. The molecule has 1 rings (SSSR count). The first-order valence-electron chi connectivity index (χ1n) is 7.16. The first-order chi connectivity index (χ1) is 8.72. The minimum Gasteiger partial charge on any atom is -0.395 e. The summed E-state index contributed by atoms with van der Waals surface area (Å²) < 4.78 is 0. The van der Waals surface area contributed by atoms with Crippen LogP contribution in [0.2, 0.25) is 0 Å². The second kappa shape index (κ2) is 9.69. The van der Waals surface area contributed by atoms with Crippen molar-refractivity contribution in [2.45, 2.75) is 25.9 Å². The molecule has 1 heterocycles. The number of hydrogen-bond donors (Lipinski definition) is 3. The van der Waals surface area contributed by atoms with Crippen molar-refractivity contribution in [1.29, 1.82) is 0 Å². The molecule has 0 aromatic carbocycles. The molecule has 0 amide bonds. The SMILES string of the molecule is CC(O)CN(CCO)CCCN1CCCNCC1. The molecule has 1 saturated heterocycles. The number of nitrogens with zero attached hydrogens (tertiary/aromatic N) is 2. The van der Waals surface area contributed by atoms with Gasteiger partial charge in [-0.25, -0.2) is 0 Å². The second-order valence-corrected chi connectivity index (χ2v) is 5.17. The molecule has 5 nitrogen and oxygen atoms in total. The van der Waals surface area contributed by atoms with Crippen molar-refractivity contribution in [1.82, 2.24) is 15.1 Å². The lowest BCUT2D eigenvalue weighted by atomic mass is 10.3. The Balaban J connectivity index is 2.16. The van der Waals surface area contributed by atoms with Gasteiger partial charge in [0.2, 0.25) is 0 Å². The van der Waals surface area contributed by atoms with Crippen molar-refractivity contribution in [3.05, 3.63) is 0 Å². The van der Waals surface area contributed by atoms with Crippen LogP contribution >= 0.6 is 0 Å². The summed E-state index contributed by atoms with van der Waals surface area (Å²) in [5, 5.41) is 21.8. The molecule has 5 heteroatoms. The highest BCUT2D eigenvalue weighted by Gasteiger charge is 2.10. The van der Waals surface area contributed by atoms with Gasteiger partial charge in [0.25, 0.3) is 0 Å². The number of aliphatic hydroxyl groups excluding tert-OH is 2. The summed E-state index contributed by atoms with van der Waals surface area (Å²) in [5.74, 6) is 0. The van der Waals surface area contributed by atoms with Gasteiger partial charge in [-0.2, -0.15) is 0 Å². The molecule has 108 valence electrons. The maximum Gasteiger partial charge on any atom is 0.0639 e. The van der Waals surface area contributed by atoms with Gasteiger partial charge >= 0.3 is 0 Å². The lowest BCUT2D eigenvalue weighted by Crippen LogP contribution is -2.36. The van der Waals surface area contributed by atoms with Gasteiger partial charge in [0.1, 0.15) is 0 Å². The molecule has 0 aromatic rings. The van der Waals surface area contributed by atoms with Crippen LogP contribution in [0.15, 0.2) is 0 Å². The Morgan fingerprint density at radius 2 is 2.11 bits per heavy atom. The van der Waals surface area contributed by atoms with Gasteiger partial charge in [-0.05, 0) is 45.9 Å². The Morgan fingerprint density at radius 3 is 2.83 bits per heavy atom. The second-order valence-electron chi connectivity index (χ2n) is 5.17. The smallest absolute Gasteiger partial charge is 0.0639 e. The summed E-state index contributed by atoms with van der Waals surface area (Å²) in [6.45, 7) is 9.89. The Hall–Kier alpha value is -0.200. The Labute approximate surface area is 111 Å². The zero-order chi connectivity index (χ0) is 13.2. The van der Waals surface area contributed by atoms with Crippen LogP contribution in [0.25, 0.3) is 0 Å². The standard InChI is InChI=1S/C13H29N3O2/c1-13(18)12-16(10-11-17)8-3-7-15-6-2-4-14-5-9-15/h13-14,17-18H,2-12H2,1H3. The van der Waals surface area contributed by atoms with Crippen molar-refractivity contribution in [3.8, 4) is 0 Å². The van der Waals surface area contributed by atoms with E-state index >= 15 is 0 Å². The molecule has 3 N–H and O–H groups in total. The van der Waals surface area contributed by atoms with Crippen molar-refractivity contribution in [2.24, 2.45) is 0 Å². The number of aliphatic hydroxyl groups is 2. The van der Waals surface area contributed by atoms with Crippen molar-refractivity contribution < 1.29 is 10.2 Å². The summed E-state index contributed by atoms with van der Waals surface area (Å²) in [6.07, 6.45) is 2.01. The summed E-state index contributed by atoms with van der Waals surface area (Å²) in [4.78, 5) is 4.64. The van der Waals surface area contributed by atoms with Crippen LogP contribution in [0.3, 0.4) is 0 Å². The van der Waals surface area contributed by atoms with Crippen LogP contribution in [0, 0.1) is 0 Å². The molecule has 1 atom stereocenters. The van der Waals surface area contributed by atoms with Crippen molar-refractivity contribution >= 4 is 0 Å². The van der Waals surface area contributed by atoms with Crippen LogP contribution in [0.4, 0.5) is 0 Å². The van der Waals surface area contributed by atoms with Crippen LogP contribution in [0.1, 0.15) is 19.8 Å². The largest absolute Gasteiger partial charge is 0.395 e. The van der Waals surface area contributed by atoms with Crippen molar-refractivity contribution in [3.63, 3.8) is 0 Å². The topological polar surface area (TPSA) is 59.0 Å². The molecule has 0 bridgehead atoms. The Bertz CT molecular complexity index is 195. The number of nitrogens with one attached hydrogen (secondary N) is 1. The average molecular weight is 259 g/mol. The Morgan fingerprint density at radius 1 is 1.28 bits per heavy atom. The maximum absolute atomic E-state index is 9.39. The molecule has 0 saturated carbocycles. The molecular weight excluding hydrogens is 230 g/mol. The lowest BCUT2D eigenvalue weighted by Gasteiger charge is -2.25. The molecule has 1 unspecified atom stereocenters. The van der Waals surface area contributed by atoms with Crippen LogP contribution in [-0.4, -0.2) is 85.1 Å². The third-order valence-electron chi connectivity index (χ3n) is 3.32. The van der Waals surface area contributed by atoms with Gasteiger partial charge < -0.3 is 20.4 Å². The first-order valence-corrected chi connectivity index (χ1v) is 7.16. The molecule has 1 aliphatic rings. The van der Waals surface area contributed by atoms with Gasteiger partial charge in [-0.1, -0.05) is 0 Å². The summed E-state index contributed by atoms with van der Waals surface area (Å²) in [6, 6.07) is 0. The third kappa shape index (κ3) is 7.28. The highest BCUT2D eigenvalue weighted by molar-refractivity contribution is 4.67. The van der Waals surface area contributed by atoms with Crippen LogP contribution < -0.4 is 5.32 Å². The molecule has 0 aromatic heterocycles. The summed E-state index contributed by atoms with van der Waals surface area (Å²) in [5.41, 5.74) is 0. The van der Waals surface area contributed by atoms with E-state index in [1.165, 1.54) is 13.0 Å². The van der Waals surface area contributed by atoms with E-state index in [-0.39, 0.29) is 12.7 Å². The lowest BCUT2D eigenvalue weighted by molar-refractivity contribution is 0.108. The van der Waals surface area contributed by atoms with E-state index in [1.54, 1.807) is 6.92 Å². The van der Waals surface area contributed by atoms with Gasteiger partial charge in [0.05, 0.1) is 12.7 Å². The maximum atomic E-state index is 9.39. The number of hydrogen-bond acceptors (Lipinski definition) is 5. The van der Waals surface area contributed by atoms with Crippen LogP contribution in [-0.2, 0) is 0 Å². The minimum absolute atomic E-state index is 0.167. The molecule has 1 fully saturated rings. The van der Waals surface area contributed by atoms with E-state index in [4.69, 9.17) is 5.11 Å². The van der Waals surface area contributed by atoms with E-state index in [0.717, 1.165) is 39.1 Å². The van der Waals surface area contributed by atoms with E-state index in [1.807, 2.05) is 0 Å². The monoisotopic (exact) mass is 259 g/mol. The van der Waals surface area contributed by atoms with Gasteiger partial charge in [-0.3, -0.25) is 4.90 Å². The fourth-order valence-corrected chi connectivity index (χ4v) is 2.45. The highest BCUT2D eigenvalue weighted by atomic mass is 16.3.